The van der Waals surface area contributed by atoms with Gasteiger partial charge in [0.15, 0.2) is 11.5 Å². The third-order valence-electron chi connectivity index (χ3n) is 6.56. The number of benzene rings is 1. The molecule has 6 rings (SSSR count). The van der Waals surface area contributed by atoms with Crippen LogP contribution in [-0.4, -0.2) is 49.8 Å². The Morgan fingerprint density at radius 1 is 1.03 bits per heavy atom. The maximum absolute atomic E-state index is 4.81. The van der Waals surface area contributed by atoms with Gasteiger partial charge in [-0.2, -0.15) is 5.10 Å². The molecule has 8 heteroatoms. The molecule has 34 heavy (non-hydrogen) atoms. The monoisotopic (exact) mass is 452 g/mol. The lowest BCUT2D eigenvalue weighted by Crippen LogP contribution is -2.29. The van der Waals surface area contributed by atoms with Gasteiger partial charge in [0.05, 0.1) is 11.2 Å². The molecule has 1 fully saturated rings. The van der Waals surface area contributed by atoms with Gasteiger partial charge in [0.25, 0.3) is 0 Å². The zero-order chi connectivity index (χ0) is 22.9. The van der Waals surface area contributed by atoms with Crippen LogP contribution in [0.3, 0.4) is 0 Å². The number of hydrogen-bond acceptors (Lipinski definition) is 6. The van der Waals surface area contributed by atoms with Crippen molar-refractivity contribution in [2.75, 3.05) is 24.5 Å². The Morgan fingerprint density at radius 3 is 2.82 bits per heavy atom. The summed E-state index contributed by atoms with van der Waals surface area (Å²) in [5, 5.41) is 12.2. The molecule has 5 heterocycles. The Labute approximate surface area is 197 Å². The Morgan fingerprint density at radius 2 is 1.94 bits per heavy atom. The molecule has 0 saturated carbocycles. The predicted molar refractivity (Wildman–Crippen MR) is 136 cm³/mol. The van der Waals surface area contributed by atoms with Crippen LogP contribution in [0.15, 0.2) is 48.9 Å². The summed E-state index contributed by atoms with van der Waals surface area (Å²) in [5.74, 6) is 0.731. The van der Waals surface area contributed by atoms with E-state index in [-0.39, 0.29) is 0 Å². The van der Waals surface area contributed by atoms with Crippen LogP contribution >= 0.6 is 0 Å². The number of imidazole rings is 1. The highest BCUT2D eigenvalue weighted by Crippen LogP contribution is 2.32. The van der Waals surface area contributed by atoms with Gasteiger partial charge in [0, 0.05) is 49.2 Å². The molecule has 1 aliphatic heterocycles. The zero-order valence-corrected chi connectivity index (χ0v) is 19.3. The molecule has 8 nitrogen and oxygen atoms in total. The number of fused-ring (bicyclic) bond motifs is 2. The molecule has 5 aromatic rings. The van der Waals surface area contributed by atoms with E-state index in [2.05, 4.69) is 72.6 Å². The first kappa shape index (κ1) is 20.8. The van der Waals surface area contributed by atoms with Crippen LogP contribution in [0.5, 0.6) is 0 Å². The molecule has 0 amide bonds. The van der Waals surface area contributed by atoms with E-state index in [1.54, 1.807) is 0 Å². The number of hydrogen-bond donors (Lipinski definition) is 3. The summed E-state index contributed by atoms with van der Waals surface area (Å²) >= 11 is 0. The fourth-order valence-electron chi connectivity index (χ4n) is 4.79. The van der Waals surface area contributed by atoms with E-state index in [0.29, 0.717) is 0 Å². The van der Waals surface area contributed by atoms with Crippen molar-refractivity contribution in [1.29, 1.82) is 0 Å². The summed E-state index contributed by atoms with van der Waals surface area (Å²) in [5.41, 5.74) is 8.01. The number of aromatic amines is 2. The van der Waals surface area contributed by atoms with Crippen molar-refractivity contribution in [2.45, 2.75) is 32.7 Å². The fraction of sp³-hybridized carbons (Fsp3) is 0.308. The van der Waals surface area contributed by atoms with E-state index in [1.165, 1.54) is 30.5 Å². The van der Waals surface area contributed by atoms with E-state index in [9.17, 15) is 0 Å². The van der Waals surface area contributed by atoms with Crippen LogP contribution < -0.4 is 10.2 Å². The smallest absolute Gasteiger partial charge is 0.180 e. The van der Waals surface area contributed by atoms with Crippen LogP contribution in [0, 0.1) is 0 Å². The number of H-pyrrole nitrogens is 2. The minimum Gasteiger partial charge on any atom is -0.370 e. The lowest BCUT2D eigenvalue weighted by atomic mass is 10.0. The van der Waals surface area contributed by atoms with Crippen LogP contribution in [0.4, 0.5) is 5.69 Å². The van der Waals surface area contributed by atoms with Gasteiger partial charge < -0.3 is 15.2 Å². The van der Waals surface area contributed by atoms with Crippen molar-refractivity contribution < 1.29 is 0 Å². The summed E-state index contributed by atoms with van der Waals surface area (Å²) in [4.78, 5) is 19.8. The summed E-state index contributed by atoms with van der Waals surface area (Å²) in [6.45, 7) is 5.99. The van der Waals surface area contributed by atoms with Gasteiger partial charge in [-0.3, -0.25) is 10.1 Å². The zero-order valence-electron chi connectivity index (χ0n) is 19.3. The molecule has 0 unspecified atom stereocenters. The van der Waals surface area contributed by atoms with Crippen molar-refractivity contribution in [3.8, 4) is 22.6 Å². The summed E-state index contributed by atoms with van der Waals surface area (Å²) in [6.07, 6.45) is 9.42. The maximum atomic E-state index is 4.81. The summed E-state index contributed by atoms with van der Waals surface area (Å²) in [7, 11) is 0. The number of piperidine rings is 1. The van der Waals surface area contributed by atoms with Gasteiger partial charge >= 0.3 is 0 Å². The largest absolute Gasteiger partial charge is 0.370 e. The summed E-state index contributed by atoms with van der Waals surface area (Å²) < 4.78 is 0. The number of rotatable bonds is 6. The van der Waals surface area contributed by atoms with Crippen molar-refractivity contribution in [1.82, 2.24) is 35.5 Å². The Balaban J connectivity index is 1.40. The van der Waals surface area contributed by atoms with Crippen molar-refractivity contribution in [3.05, 3.63) is 54.5 Å². The first-order valence-electron chi connectivity index (χ1n) is 12.0. The standard InChI is InChI=1S/C26H28N8/c1-2-27-14-17-12-19(16-28-15-17)18-6-7-21-20(13-18)23(33-32-21)26-30-24-22(8-9-29-25(24)31-26)34-10-4-3-5-11-34/h6-9,12-13,15-16,27H,2-5,10-11,14H2,1H3,(H,32,33)(H,29,30,31). The van der Waals surface area contributed by atoms with Gasteiger partial charge in [0.1, 0.15) is 11.2 Å². The molecule has 0 spiro atoms. The van der Waals surface area contributed by atoms with E-state index < -0.39 is 0 Å². The maximum Gasteiger partial charge on any atom is 0.180 e. The normalized spacial score (nSPS) is 14.3. The molecule has 0 aliphatic carbocycles. The quantitative estimate of drug-likeness (QED) is 0.347. The third-order valence-corrected chi connectivity index (χ3v) is 6.56. The molecular formula is C26H28N8. The number of nitrogens with zero attached hydrogens (tertiary/aromatic N) is 5. The average molecular weight is 453 g/mol. The molecule has 0 radical (unpaired) electrons. The molecule has 1 aliphatic rings. The van der Waals surface area contributed by atoms with E-state index in [0.717, 1.165) is 70.9 Å². The topological polar surface area (TPSA) is 98.4 Å². The number of anilines is 1. The second-order valence-corrected chi connectivity index (χ2v) is 8.86. The van der Waals surface area contributed by atoms with Gasteiger partial charge in [-0.1, -0.05) is 13.0 Å². The van der Waals surface area contributed by atoms with Gasteiger partial charge in [-0.15, -0.1) is 0 Å². The Kier molecular flexibility index (Phi) is 5.43. The lowest BCUT2D eigenvalue weighted by Gasteiger charge is -2.28. The third kappa shape index (κ3) is 3.80. The summed E-state index contributed by atoms with van der Waals surface area (Å²) in [6, 6.07) is 10.6. The lowest BCUT2D eigenvalue weighted by molar-refractivity contribution is 0.578. The molecule has 0 bridgehead atoms. The molecule has 172 valence electrons. The van der Waals surface area contributed by atoms with Crippen molar-refractivity contribution in [2.24, 2.45) is 0 Å². The molecular weight excluding hydrogens is 424 g/mol. The first-order valence-corrected chi connectivity index (χ1v) is 12.0. The van der Waals surface area contributed by atoms with E-state index in [1.807, 2.05) is 18.6 Å². The molecule has 1 saturated heterocycles. The van der Waals surface area contributed by atoms with Gasteiger partial charge in [-0.05, 0) is 61.2 Å². The fourth-order valence-corrected chi connectivity index (χ4v) is 4.79. The number of aromatic nitrogens is 6. The van der Waals surface area contributed by atoms with Crippen molar-refractivity contribution in [3.63, 3.8) is 0 Å². The van der Waals surface area contributed by atoms with Crippen LogP contribution in [0.1, 0.15) is 31.7 Å². The molecule has 1 aromatic carbocycles. The SMILES string of the molecule is CCNCc1cncc(-c2ccc3[nH]nc(-c4nc5nccc(N6CCCCC6)c5[nH]4)c3c2)c1. The van der Waals surface area contributed by atoms with Crippen LogP contribution in [-0.2, 0) is 6.54 Å². The average Bonchev–Trinajstić information content (AvgIpc) is 3.51. The predicted octanol–water partition coefficient (Wildman–Crippen LogP) is 4.66. The second-order valence-electron chi connectivity index (χ2n) is 8.86. The minimum absolute atomic E-state index is 0.728. The number of nitrogens with one attached hydrogen (secondary N) is 3. The molecule has 4 aromatic heterocycles. The highest BCUT2D eigenvalue weighted by molar-refractivity contribution is 5.96. The molecule has 0 atom stereocenters. The van der Waals surface area contributed by atoms with Crippen molar-refractivity contribution >= 4 is 27.8 Å². The van der Waals surface area contributed by atoms with Gasteiger partial charge in [0.2, 0.25) is 0 Å². The number of pyridine rings is 2. The highest BCUT2D eigenvalue weighted by atomic mass is 15.2. The Hall–Kier alpha value is -3.78. The minimum atomic E-state index is 0.728. The highest BCUT2D eigenvalue weighted by Gasteiger charge is 2.19. The Bertz CT molecular complexity index is 1440. The second kappa shape index (κ2) is 8.87. The van der Waals surface area contributed by atoms with Crippen LogP contribution in [0.2, 0.25) is 0 Å². The van der Waals surface area contributed by atoms with E-state index in [4.69, 9.17) is 4.98 Å². The van der Waals surface area contributed by atoms with E-state index >= 15 is 0 Å². The first-order chi connectivity index (χ1) is 16.8. The molecule has 3 N–H and O–H groups in total. The van der Waals surface area contributed by atoms with Crippen LogP contribution in [0.25, 0.3) is 44.7 Å². The van der Waals surface area contributed by atoms with Gasteiger partial charge in [-0.25, -0.2) is 9.97 Å².